The number of carbonyl (C=O) groups is 1. The van der Waals surface area contributed by atoms with Crippen LogP contribution in [-0.4, -0.2) is 11.3 Å². The quantitative estimate of drug-likeness (QED) is 0.155. The first-order valence-electron chi connectivity index (χ1n) is 18.6. The summed E-state index contributed by atoms with van der Waals surface area (Å²) in [6, 6.07) is 48.4. The van der Waals surface area contributed by atoms with Gasteiger partial charge in [0.05, 0.1) is 11.4 Å². The molecule has 2 bridgehead atoms. The number of carbonyl (C=O) groups excluding carboxylic acids is 1. The number of anilines is 5. The van der Waals surface area contributed by atoms with Gasteiger partial charge in [0.15, 0.2) is 5.78 Å². The standard InChI is InChI=1S/C48H44N2OS/c1-32-5-12-36(13-6-32)46(51)37-14-16-38(17-15-37)47-25-27-48(31-47,28-26-47)50-42-23-11-35(4)29-44(42)52-45-30-41(22-24-43(45)50)49(39-18-7-33(2)8-19-39)40-20-9-34(3)10-21-40/h5-24,29-30H,25-28,31H2,1-4H3. The van der Waals surface area contributed by atoms with Crippen LogP contribution >= 0.6 is 11.8 Å². The lowest BCUT2D eigenvalue weighted by Crippen LogP contribution is -2.43. The van der Waals surface area contributed by atoms with Crippen LogP contribution < -0.4 is 9.80 Å². The van der Waals surface area contributed by atoms with Gasteiger partial charge in [0, 0.05) is 43.5 Å². The molecular weight excluding hydrogens is 653 g/mol. The van der Waals surface area contributed by atoms with Gasteiger partial charge in [0.2, 0.25) is 0 Å². The molecule has 0 radical (unpaired) electrons. The molecule has 6 aromatic rings. The van der Waals surface area contributed by atoms with Crippen LogP contribution in [0.5, 0.6) is 0 Å². The Labute approximate surface area is 312 Å². The largest absolute Gasteiger partial charge is 0.333 e. The third kappa shape index (κ3) is 5.56. The van der Waals surface area contributed by atoms with Crippen molar-refractivity contribution in [1.82, 2.24) is 0 Å². The number of ketones is 1. The van der Waals surface area contributed by atoms with Gasteiger partial charge in [-0.2, -0.15) is 0 Å². The van der Waals surface area contributed by atoms with E-state index in [4.69, 9.17) is 0 Å². The zero-order valence-electron chi connectivity index (χ0n) is 30.4. The minimum Gasteiger partial charge on any atom is -0.333 e. The number of aryl methyl sites for hydroxylation is 4. The van der Waals surface area contributed by atoms with Gasteiger partial charge in [-0.25, -0.2) is 0 Å². The first-order chi connectivity index (χ1) is 25.2. The van der Waals surface area contributed by atoms with E-state index in [0.29, 0.717) is 0 Å². The second-order valence-electron chi connectivity index (χ2n) is 15.5. The number of benzene rings is 6. The molecule has 3 aliphatic rings. The molecule has 1 heterocycles. The van der Waals surface area contributed by atoms with E-state index in [0.717, 1.165) is 60.2 Å². The number of nitrogens with zero attached hydrogens (tertiary/aromatic N) is 2. The summed E-state index contributed by atoms with van der Waals surface area (Å²) < 4.78 is 0. The molecule has 1 aliphatic heterocycles. The van der Waals surface area contributed by atoms with E-state index in [9.17, 15) is 4.79 Å². The predicted octanol–water partition coefficient (Wildman–Crippen LogP) is 12.9. The van der Waals surface area contributed by atoms with Crippen LogP contribution in [0.1, 0.15) is 75.8 Å². The van der Waals surface area contributed by atoms with Crippen molar-refractivity contribution >= 4 is 46.0 Å². The Morgan fingerprint density at radius 2 is 1.00 bits per heavy atom. The maximum Gasteiger partial charge on any atom is 0.193 e. The van der Waals surface area contributed by atoms with Crippen LogP contribution in [0.2, 0.25) is 0 Å². The molecule has 0 spiro atoms. The minimum atomic E-state index is 0.0330. The fourth-order valence-electron chi connectivity index (χ4n) is 9.11. The lowest BCUT2D eigenvalue weighted by Gasteiger charge is -2.45. The SMILES string of the molecule is Cc1ccc(C(=O)c2ccc(C34CCC(N5c6ccc(C)cc6Sc6cc(N(c7ccc(C)cc7)c7ccc(C)cc7)ccc65)(CC3)C4)cc2)cc1. The number of fused-ring (bicyclic) bond motifs is 4. The van der Waals surface area contributed by atoms with E-state index in [1.807, 2.05) is 36.0 Å². The van der Waals surface area contributed by atoms with Crippen molar-refractivity contribution in [2.24, 2.45) is 0 Å². The molecular formula is C48H44N2OS. The highest BCUT2D eigenvalue weighted by atomic mass is 32.2. The molecule has 4 heteroatoms. The molecule has 52 heavy (non-hydrogen) atoms. The van der Waals surface area contributed by atoms with Crippen molar-refractivity contribution in [3.63, 3.8) is 0 Å². The van der Waals surface area contributed by atoms with Crippen molar-refractivity contribution in [2.45, 2.75) is 80.5 Å². The van der Waals surface area contributed by atoms with E-state index in [2.05, 4.69) is 147 Å². The van der Waals surface area contributed by atoms with Gasteiger partial charge in [-0.3, -0.25) is 4.79 Å². The first kappa shape index (κ1) is 32.8. The molecule has 0 amide bonds. The third-order valence-electron chi connectivity index (χ3n) is 12.0. The summed E-state index contributed by atoms with van der Waals surface area (Å²) in [6.45, 7) is 8.55. The second kappa shape index (κ2) is 12.6. The molecule has 0 N–H and O–H groups in total. The highest BCUT2D eigenvalue weighted by Gasteiger charge is 2.58. The van der Waals surface area contributed by atoms with Crippen LogP contribution in [-0.2, 0) is 5.41 Å². The Bertz CT molecular complexity index is 2250. The summed E-state index contributed by atoms with van der Waals surface area (Å²) in [5.41, 5.74) is 14.1. The summed E-state index contributed by atoms with van der Waals surface area (Å²) in [7, 11) is 0. The fourth-order valence-corrected chi connectivity index (χ4v) is 10.3. The van der Waals surface area contributed by atoms with E-state index in [1.54, 1.807) is 0 Å². The average Bonchev–Trinajstić information content (AvgIpc) is 3.74. The molecule has 2 aliphatic carbocycles. The summed E-state index contributed by atoms with van der Waals surface area (Å²) in [4.78, 5) is 21.1. The lowest BCUT2D eigenvalue weighted by atomic mass is 9.77. The zero-order valence-corrected chi connectivity index (χ0v) is 31.3. The molecule has 0 unspecified atom stereocenters. The van der Waals surface area contributed by atoms with E-state index in [-0.39, 0.29) is 16.7 Å². The lowest BCUT2D eigenvalue weighted by molar-refractivity contribution is 0.103. The molecule has 2 fully saturated rings. The van der Waals surface area contributed by atoms with Crippen molar-refractivity contribution in [2.75, 3.05) is 9.80 Å². The third-order valence-corrected chi connectivity index (χ3v) is 13.0. The molecule has 2 saturated carbocycles. The Balaban J connectivity index is 1.08. The van der Waals surface area contributed by atoms with Crippen molar-refractivity contribution in [3.05, 3.63) is 172 Å². The molecule has 3 nitrogen and oxygen atoms in total. The average molecular weight is 697 g/mol. The van der Waals surface area contributed by atoms with Gasteiger partial charge in [-0.1, -0.05) is 107 Å². The van der Waals surface area contributed by atoms with Gasteiger partial charge in [-0.15, -0.1) is 0 Å². The highest BCUT2D eigenvalue weighted by Crippen LogP contribution is 2.64. The van der Waals surface area contributed by atoms with Crippen molar-refractivity contribution < 1.29 is 4.79 Å². The smallest absolute Gasteiger partial charge is 0.193 e. The summed E-state index contributed by atoms with van der Waals surface area (Å²) in [5.74, 6) is 0.0910. The number of hydrogen-bond donors (Lipinski definition) is 0. The normalized spacial score (nSPS) is 20.0. The van der Waals surface area contributed by atoms with E-state index in [1.165, 1.54) is 49.1 Å². The van der Waals surface area contributed by atoms with Gasteiger partial charge in [-0.05, 0) is 131 Å². The Morgan fingerprint density at radius 1 is 0.538 bits per heavy atom. The van der Waals surface area contributed by atoms with Crippen LogP contribution in [0.15, 0.2) is 143 Å². The first-order valence-corrected chi connectivity index (χ1v) is 19.4. The minimum absolute atomic E-state index is 0.0330. The Hall–Kier alpha value is -5.06. The molecule has 0 aromatic heterocycles. The number of rotatable bonds is 7. The van der Waals surface area contributed by atoms with Gasteiger partial charge in [0.1, 0.15) is 0 Å². The molecule has 0 atom stereocenters. The zero-order chi connectivity index (χ0) is 35.6. The summed E-state index contributed by atoms with van der Waals surface area (Å²) >= 11 is 1.91. The summed E-state index contributed by atoms with van der Waals surface area (Å²) in [5, 5.41) is 0. The molecule has 0 saturated heterocycles. The topological polar surface area (TPSA) is 23.6 Å². The Kier molecular flexibility index (Phi) is 7.93. The van der Waals surface area contributed by atoms with E-state index < -0.39 is 0 Å². The molecule has 258 valence electrons. The summed E-state index contributed by atoms with van der Waals surface area (Å²) in [6.07, 6.45) is 5.73. The number of hydrogen-bond acceptors (Lipinski definition) is 4. The van der Waals surface area contributed by atoms with Crippen molar-refractivity contribution in [3.8, 4) is 0 Å². The molecule has 6 aromatic carbocycles. The second-order valence-corrected chi connectivity index (χ2v) is 16.6. The molecule has 9 rings (SSSR count). The van der Waals surface area contributed by atoms with Crippen LogP contribution in [0.3, 0.4) is 0 Å². The highest BCUT2D eigenvalue weighted by molar-refractivity contribution is 7.99. The van der Waals surface area contributed by atoms with Crippen LogP contribution in [0, 0.1) is 27.7 Å². The predicted molar refractivity (Wildman–Crippen MR) is 217 cm³/mol. The van der Waals surface area contributed by atoms with E-state index >= 15 is 0 Å². The van der Waals surface area contributed by atoms with Crippen molar-refractivity contribution in [1.29, 1.82) is 0 Å². The van der Waals surface area contributed by atoms with Crippen LogP contribution in [0.25, 0.3) is 0 Å². The fraction of sp³-hybridized carbons (Fsp3) is 0.229. The van der Waals surface area contributed by atoms with Gasteiger partial charge in [0.25, 0.3) is 0 Å². The maximum absolute atomic E-state index is 13.3. The van der Waals surface area contributed by atoms with Crippen LogP contribution in [0.4, 0.5) is 28.4 Å². The Morgan fingerprint density at radius 3 is 1.58 bits per heavy atom. The monoisotopic (exact) mass is 696 g/mol. The van der Waals surface area contributed by atoms with Gasteiger partial charge >= 0.3 is 0 Å². The van der Waals surface area contributed by atoms with Gasteiger partial charge < -0.3 is 9.80 Å². The maximum atomic E-state index is 13.3.